The van der Waals surface area contributed by atoms with Gasteiger partial charge >= 0.3 is 6.18 Å². The predicted octanol–water partition coefficient (Wildman–Crippen LogP) is 4.79. The predicted molar refractivity (Wildman–Crippen MR) is 111 cm³/mol. The Hall–Kier alpha value is -3.40. The number of nitrogens with one attached hydrogen (secondary N) is 2. The average Bonchev–Trinajstić information content (AvgIpc) is 2.69. The molecule has 0 atom stereocenters. The first-order valence-electron chi connectivity index (χ1n) is 9.02. The highest BCUT2D eigenvalue weighted by Crippen LogP contribution is 2.29. The minimum atomic E-state index is -4.40. The van der Waals surface area contributed by atoms with E-state index in [0.717, 1.165) is 17.0 Å². The zero-order chi connectivity index (χ0) is 22.4. The van der Waals surface area contributed by atoms with Gasteiger partial charge in [-0.1, -0.05) is 23.9 Å². The van der Waals surface area contributed by atoms with Gasteiger partial charge < -0.3 is 10.6 Å². The summed E-state index contributed by atoms with van der Waals surface area (Å²) in [7, 11) is 0. The molecule has 0 fully saturated rings. The number of hydrogen-bond acceptors (Lipinski definition) is 5. The second-order valence-corrected chi connectivity index (χ2v) is 7.56. The number of carbonyl (C=O) groups is 2. The van der Waals surface area contributed by atoms with E-state index in [1.54, 1.807) is 30.3 Å². The molecule has 31 heavy (non-hydrogen) atoms. The van der Waals surface area contributed by atoms with Crippen LogP contribution in [-0.2, 0) is 22.2 Å². The number of aromatic nitrogens is 2. The van der Waals surface area contributed by atoms with Crippen LogP contribution < -0.4 is 10.6 Å². The molecule has 0 aliphatic rings. The Morgan fingerprint density at radius 1 is 0.968 bits per heavy atom. The van der Waals surface area contributed by atoms with Crippen molar-refractivity contribution >= 4 is 35.1 Å². The topological polar surface area (TPSA) is 84.0 Å². The lowest BCUT2D eigenvalue weighted by atomic mass is 10.1. The molecule has 1 aromatic heterocycles. The van der Waals surface area contributed by atoms with E-state index < -0.39 is 11.7 Å². The molecule has 0 saturated carbocycles. The second kappa shape index (κ2) is 9.61. The summed E-state index contributed by atoms with van der Waals surface area (Å²) in [6, 6.07) is 13.1. The van der Waals surface area contributed by atoms with Gasteiger partial charge in [-0.05, 0) is 42.0 Å². The summed E-state index contributed by atoms with van der Waals surface area (Å²) in [6.45, 7) is 1.39. The lowest BCUT2D eigenvalue weighted by molar-refractivity contribution is -0.137. The van der Waals surface area contributed by atoms with Crippen LogP contribution in [0.25, 0.3) is 0 Å². The minimum absolute atomic E-state index is 0.0402. The molecule has 0 aliphatic heterocycles. The van der Waals surface area contributed by atoms with Crippen molar-refractivity contribution < 1.29 is 22.8 Å². The number of hydrogen-bond donors (Lipinski definition) is 2. The fourth-order valence-corrected chi connectivity index (χ4v) is 3.36. The Labute approximate surface area is 180 Å². The van der Waals surface area contributed by atoms with Crippen molar-refractivity contribution in [3.05, 3.63) is 72.1 Å². The van der Waals surface area contributed by atoms with E-state index in [1.807, 2.05) is 0 Å². The van der Waals surface area contributed by atoms with Crippen molar-refractivity contribution in [1.29, 1.82) is 0 Å². The van der Waals surface area contributed by atoms with Crippen molar-refractivity contribution in [2.45, 2.75) is 29.4 Å². The zero-order valence-electron chi connectivity index (χ0n) is 16.2. The maximum atomic E-state index is 12.6. The normalized spacial score (nSPS) is 11.1. The van der Waals surface area contributed by atoms with Gasteiger partial charge in [0.15, 0.2) is 0 Å². The highest BCUT2D eigenvalue weighted by Gasteiger charge is 2.29. The van der Waals surface area contributed by atoms with E-state index in [9.17, 15) is 22.8 Å². The van der Waals surface area contributed by atoms with Gasteiger partial charge in [-0.15, -0.1) is 0 Å². The number of nitrogens with zero attached hydrogens (tertiary/aromatic N) is 2. The first-order valence-corrected chi connectivity index (χ1v) is 9.84. The molecule has 0 bridgehead atoms. The molecule has 0 radical (unpaired) electrons. The summed E-state index contributed by atoms with van der Waals surface area (Å²) in [4.78, 5) is 32.3. The Kier molecular flexibility index (Phi) is 6.91. The van der Waals surface area contributed by atoms with E-state index in [-0.39, 0.29) is 18.2 Å². The maximum absolute atomic E-state index is 12.6. The van der Waals surface area contributed by atoms with Crippen LogP contribution in [0.2, 0.25) is 0 Å². The Morgan fingerprint density at radius 3 is 2.26 bits per heavy atom. The maximum Gasteiger partial charge on any atom is 0.416 e. The summed E-state index contributed by atoms with van der Waals surface area (Å²) >= 11 is 1.36. The highest BCUT2D eigenvalue weighted by molar-refractivity contribution is 7.99. The van der Waals surface area contributed by atoms with E-state index in [0.29, 0.717) is 22.1 Å². The lowest BCUT2D eigenvalue weighted by Gasteiger charge is -2.09. The zero-order valence-corrected chi connectivity index (χ0v) is 17.1. The molecule has 0 saturated heterocycles. The number of amides is 2. The number of anilines is 2. The molecule has 2 aromatic carbocycles. The standard InChI is InChI=1S/C21H17F3N4O2S/c1-13(29)27-18-11-20(26-12-25-18)31-17-8-6-16(7-9-17)28-19(30)10-14-2-4-15(5-3-14)21(22,23)24/h2-9,11-12H,10H2,1H3,(H,28,30)(H,25,26,27,29). The van der Waals surface area contributed by atoms with Gasteiger partial charge in [0.05, 0.1) is 12.0 Å². The van der Waals surface area contributed by atoms with E-state index >= 15 is 0 Å². The van der Waals surface area contributed by atoms with Gasteiger partial charge in [0.1, 0.15) is 17.2 Å². The molecule has 6 nitrogen and oxygen atoms in total. The third kappa shape index (κ3) is 6.82. The van der Waals surface area contributed by atoms with E-state index in [4.69, 9.17) is 0 Å². The number of alkyl halides is 3. The molecule has 0 aliphatic carbocycles. The number of rotatable bonds is 6. The minimum Gasteiger partial charge on any atom is -0.326 e. The third-order valence-electron chi connectivity index (χ3n) is 3.95. The van der Waals surface area contributed by atoms with Crippen molar-refractivity contribution in [1.82, 2.24) is 9.97 Å². The summed E-state index contributed by atoms with van der Waals surface area (Å²) < 4.78 is 37.8. The molecular weight excluding hydrogens is 429 g/mol. The first-order chi connectivity index (χ1) is 14.7. The molecule has 0 spiro atoms. The van der Waals surface area contributed by atoms with Crippen LogP contribution in [0.15, 0.2) is 70.8 Å². The largest absolute Gasteiger partial charge is 0.416 e. The quantitative estimate of drug-likeness (QED) is 0.532. The van der Waals surface area contributed by atoms with Crippen LogP contribution in [0, 0.1) is 0 Å². The number of benzene rings is 2. The van der Waals surface area contributed by atoms with Gasteiger partial charge in [-0.25, -0.2) is 9.97 Å². The summed E-state index contributed by atoms with van der Waals surface area (Å²) in [5.41, 5.74) is 0.289. The van der Waals surface area contributed by atoms with Gasteiger partial charge in [0.2, 0.25) is 11.8 Å². The smallest absolute Gasteiger partial charge is 0.326 e. The first kappa shape index (κ1) is 22.3. The van der Waals surface area contributed by atoms with Gasteiger partial charge in [-0.3, -0.25) is 9.59 Å². The lowest BCUT2D eigenvalue weighted by Crippen LogP contribution is -2.14. The Bertz CT molecular complexity index is 1070. The van der Waals surface area contributed by atoms with Crippen molar-refractivity contribution in [2.75, 3.05) is 10.6 Å². The van der Waals surface area contributed by atoms with Crippen molar-refractivity contribution in [3.63, 3.8) is 0 Å². The fraction of sp³-hybridized carbons (Fsp3) is 0.143. The van der Waals surface area contributed by atoms with Crippen LogP contribution >= 0.6 is 11.8 Å². The van der Waals surface area contributed by atoms with E-state index in [2.05, 4.69) is 20.6 Å². The van der Waals surface area contributed by atoms with Gasteiger partial charge in [0.25, 0.3) is 0 Å². The molecular formula is C21H17F3N4O2S. The van der Waals surface area contributed by atoms with Crippen molar-refractivity contribution in [3.8, 4) is 0 Å². The Morgan fingerprint density at radius 2 is 1.65 bits per heavy atom. The summed E-state index contributed by atoms with van der Waals surface area (Å²) in [6.07, 6.45) is -3.09. The molecule has 3 rings (SSSR count). The van der Waals surface area contributed by atoms with Crippen LogP contribution in [0.4, 0.5) is 24.7 Å². The van der Waals surface area contributed by atoms with Crippen LogP contribution in [0.3, 0.4) is 0 Å². The number of halogens is 3. The molecule has 0 unspecified atom stereocenters. The van der Waals surface area contributed by atoms with Gasteiger partial charge in [0, 0.05) is 23.6 Å². The molecule has 10 heteroatoms. The molecule has 160 valence electrons. The summed E-state index contributed by atoms with van der Waals surface area (Å²) in [5.74, 6) is -0.167. The highest BCUT2D eigenvalue weighted by atomic mass is 32.2. The number of carbonyl (C=O) groups excluding carboxylic acids is 2. The monoisotopic (exact) mass is 446 g/mol. The second-order valence-electron chi connectivity index (χ2n) is 6.47. The van der Waals surface area contributed by atoms with E-state index in [1.165, 1.54) is 37.1 Å². The molecule has 1 heterocycles. The van der Waals surface area contributed by atoms with Crippen LogP contribution in [-0.4, -0.2) is 21.8 Å². The Balaban J connectivity index is 1.56. The summed E-state index contributed by atoms with van der Waals surface area (Å²) in [5, 5.41) is 5.94. The SMILES string of the molecule is CC(=O)Nc1cc(Sc2ccc(NC(=O)Cc3ccc(C(F)(F)F)cc3)cc2)ncn1. The third-order valence-corrected chi connectivity index (χ3v) is 4.89. The molecule has 2 N–H and O–H groups in total. The van der Waals surface area contributed by atoms with Crippen molar-refractivity contribution in [2.24, 2.45) is 0 Å². The van der Waals surface area contributed by atoms with Crippen LogP contribution in [0.5, 0.6) is 0 Å². The fourth-order valence-electron chi connectivity index (χ4n) is 2.57. The molecule has 3 aromatic rings. The molecule has 2 amide bonds. The van der Waals surface area contributed by atoms with Crippen LogP contribution in [0.1, 0.15) is 18.1 Å². The average molecular weight is 446 g/mol. The van der Waals surface area contributed by atoms with Gasteiger partial charge in [-0.2, -0.15) is 13.2 Å².